The molecule has 8 nitrogen and oxygen atoms in total. The van der Waals surface area contributed by atoms with Crippen LogP contribution >= 0.6 is 0 Å². The maximum Gasteiger partial charge on any atom is 0.321 e. The van der Waals surface area contributed by atoms with Crippen molar-refractivity contribution in [2.24, 2.45) is 0 Å². The number of carbonyl (C=O) groups is 3. The van der Waals surface area contributed by atoms with Crippen LogP contribution in [0, 0.1) is 0 Å². The second-order valence-corrected chi connectivity index (χ2v) is 8.08. The molecule has 30 heavy (non-hydrogen) atoms. The highest BCUT2D eigenvalue weighted by Crippen LogP contribution is 2.31. The molecule has 3 amide bonds. The van der Waals surface area contributed by atoms with Crippen molar-refractivity contribution in [3.05, 3.63) is 35.4 Å². The van der Waals surface area contributed by atoms with E-state index in [2.05, 4.69) is 5.32 Å². The summed E-state index contributed by atoms with van der Waals surface area (Å²) in [4.78, 5) is 39.1. The third-order valence-corrected chi connectivity index (χ3v) is 5.60. The summed E-state index contributed by atoms with van der Waals surface area (Å²) in [6, 6.07) is 7.62. The molecule has 8 heteroatoms. The summed E-state index contributed by atoms with van der Waals surface area (Å²) in [5.74, 6) is -0.113. The fraction of sp³-hybridized carbons (Fsp3) is 0.591. The van der Waals surface area contributed by atoms with Crippen LogP contribution in [0.3, 0.4) is 0 Å². The van der Waals surface area contributed by atoms with Crippen molar-refractivity contribution in [1.82, 2.24) is 15.1 Å². The smallest absolute Gasteiger partial charge is 0.321 e. The van der Waals surface area contributed by atoms with Gasteiger partial charge in [0.05, 0.1) is 12.5 Å². The highest BCUT2D eigenvalue weighted by Gasteiger charge is 2.35. The average molecular weight is 420 g/mol. The van der Waals surface area contributed by atoms with Crippen molar-refractivity contribution in [1.29, 1.82) is 0 Å². The van der Waals surface area contributed by atoms with Crippen molar-refractivity contribution < 1.29 is 24.2 Å². The number of aliphatic hydroxyl groups is 1. The van der Waals surface area contributed by atoms with E-state index in [0.717, 1.165) is 11.1 Å². The Morgan fingerprint density at radius 1 is 1.23 bits per heavy atom. The Balaban J connectivity index is 1.86. The number of hydrogen-bond acceptors (Lipinski definition) is 5. The zero-order valence-electron chi connectivity index (χ0n) is 18.3. The van der Waals surface area contributed by atoms with E-state index < -0.39 is 5.41 Å². The molecular weight excluding hydrogens is 386 g/mol. The first-order chi connectivity index (χ1) is 14.2. The Kier molecular flexibility index (Phi) is 8.23. The molecule has 2 N–H and O–H groups in total. The number of ether oxygens (including phenoxy) is 1. The number of aliphatic hydroxyl groups excluding tert-OH is 1. The Morgan fingerprint density at radius 3 is 2.40 bits per heavy atom. The van der Waals surface area contributed by atoms with E-state index in [1.165, 1.54) is 12.0 Å². The first-order valence-electron chi connectivity index (χ1n) is 10.3. The van der Waals surface area contributed by atoms with Gasteiger partial charge in [0.1, 0.15) is 6.73 Å². The number of methoxy groups -OCH3 is 1. The molecule has 1 fully saturated rings. The molecule has 1 aromatic carbocycles. The Labute approximate surface area is 178 Å². The van der Waals surface area contributed by atoms with Gasteiger partial charge in [0, 0.05) is 38.5 Å². The van der Waals surface area contributed by atoms with Crippen molar-refractivity contribution >= 4 is 17.9 Å². The Morgan fingerprint density at radius 2 is 1.87 bits per heavy atom. The standard InChI is InChI=1S/C22H33N3O5/c1-5-23-19(27)7-6-12-24(15-26)21(29)25-13-17(14-25)16-8-10-18(11-9-16)22(2,3)20(28)30-4/h8-11,17,26H,5-7,12-15H2,1-4H3,(H,23,27). The lowest BCUT2D eigenvalue weighted by Gasteiger charge is -2.42. The number of esters is 1. The molecule has 1 saturated heterocycles. The van der Waals surface area contributed by atoms with Crippen LogP contribution < -0.4 is 5.32 Å². The van der Waals surface area contributed by atoms with Gasteiger partial charge in [-0.15, -0.1) is 0 Å². The van der Waals surface area contributed by atoms with Gasteiger partial charge < -0.3 is 25.0 Å². The fourth-order valence-electron chi connectivity index (χ4n) is 3.53. The van der Waals surface area contributed by atoms with Gasteiger partial charge in [-0.2, -0.15) is 0 Å². The minimum Gasteiger partial charge on any atom is -0.468 e. The average Bonchev–Trinajstić information content (AvgIpc) is 2.70. The summed E-state index contributed by atoms with van der Waals surface area (Å²) in [7, 11) is 1.38. The number of nitrogens with one attached hydrogen (secondary N) is 1. The van der Waals surface area contributed by atoms with E-state index >= 15 is 0 Å². The van der Waals surface area contributed by atoms with Gasteiger partial charge in [0.25, 0.3) is 0 Å². The first-order valence-corrected chi connectivity index (χ1v) is 10.3. The number of benzene rings is 1. The van der Waals surface area contributed by atoms with Gasteiger partial charge in [-0.05, 0) is 38.3 Å². The van der Waals surface area contributed by atoms with Gasteiger partial charge in [0.15, 0.2) is 0 Å². The van der Waals surface area contributed by atoms with Crippen LogP contribution in [0.25, 0.3) is 0 Å². The van der Waals surface area contributed by atoms with Crippen LogP contribution in [0.2, 0.25) is 0 Å². The summed E-state index contributed by atoms with van der Waals surface area (Å²) in [6.45, 7) is 7.21. The molecule has 0 bridgehead atoms. The number of carbonyl (C=O) groups excluding carboxylic acids is 3. The molecule has 0 radical (unpaired) electrons. The van der Waals surface area contributed by atoms with E-state index in [9.17, 15) is 19.5 Å². The molecule has 0 atom stereocenters. The molecule has 166 valence electrons. The van der Waals surface area contributed by atoms with E-state index in [1.807, 2.05) is 45.0 Å². The van der Waals surface area contributed by atoms with Crippen LogP contribution in [0.15, 0.2) is 24.3 Å². The van der Waals surface area contributed by atoms with Gasteiger partial charge in [-0.25, -0.2) is 4.79 Å². The molecule has 1 heterocycles. The van der Waals surface area contributed by atoms with E-state index in [-0.39, 0.29) is 30.6 Å². The van der Waals surface area contributed by atoms with E-state index in [1.54, 1.807) is 4.90 Å². The molecule has 1 aliphatic rings. The maximum absolute atomic E-state index is 12.6. The monoisotopic (exact) mass is 419 g/mol. The van der Waals surface area contributed by atoms with Gasteiger partial charge in [-0.1, -0.05) is 24.3 Å². The van der Waals surface area contributed by atoms with E-state index in [4.69, 9.17) is 4.74 Å². The summed E-state index contributed by atoms with van der Waals surface area (Å²) in [6.07, 6.45) is 0.835. The third-order valence-electron chi connectivity index (χ3n) is 5.60. The first kappa shape index (κ1) is 23.7. The number of amides is 3. The quantitative estimate of drug-likeness (QED) is 0.470. The number of urea groups is 1. The highest BCUT2D eigenvalue weighted by molar-refractivity contribution is 5.82. The van der Waals surface area contributed by atoms with Crippen molar-refractivity contribution in [2.75, 3.05) is 40.0 Å². The Bertz CT molecular complexity index is 742. The van der Waals surface area contributed by atoms with Crippen LogP contribution in [-0.4, -0.2) is 72.8 Å². The summed E-state index contributed by atoms with van der Waals surface area (Å²) < 4.78 is 4.88. The predicted molar refractivity (Wildman–Crippen MR) is 113 cm³/mol. The molecular formula is C22H33N3O5. The highest BCUT2D eigenvalue weighted by atomic mass is 16.5. The summed E-state index contributed by atoms with van der Waals surface area (Å²) >= 11 is 0. The summed E-state index contributed by atoms with van der Waals surface area (Å²) in [5.41, 5.74) is 1.27. The number of rotatable bonds is 9. The number of likely N-dealkylation sites (tertiary alicyclic amines) is 1. The number of nitrogens with zero attached hydrogens (tertiary/aromatic N) is 2. The fourth-order valence-corrected chi connectivity index (χ4v) is 3.53. The lowest BCUT2D eigenvalue weighted by Crippen LogP contribution is -2.54. The zero-order chi connectivity index (χ0) is 22.3. The molecule has 2 rings (SSSR count). The Hall–Kier alpha value is -2.61. The predicted octanol–water partition coefficient (Wildman–Crippen LogP) is 1.82. The van der Waals surface area contributed by atoms with Gasteiger partial charge in [0.2, 0.25) is 5.91 Å². The lowest BCUT2D eigenvalue weighted by molar-refractivity contribution is -0.146. The van der Waals surface area contributed by atoms with Crippen LogP contribution in [-0.2, 0) is 19.7 Å². The molecule has 0 saturated carbocycles. The molecule has 0 unspecified atom stereocenters. The third kappa shape index (κ3) is 5.50. The number of hydrogen-bond donors (Lipinski definition) is 2. The molecule has 1 aliphatic heterocycles. The normalized spacial score (nSPS) is 14.1. The molecule has 1 aromatic rings. The largest absolute Gasteiger partial charge is 0.468 e. The van der Waals surface area contributed by atoms with Gasteiger partial charge >= 0.3 is 12.0 Å². The summed E-state index contributed by atoms with van der Waals surface area (Å²) in [5, 5.41) is 12.2. The molecule has 0 aliphatic carbocycles. The minimum absolute atomic E-state index is 0.0503. The zero-order valence-corrected chi connectivity index (χ0v) is 18.3. The van der Waals surface area contributed by atoms with Crippen LogP contribution in [0.4, 0.5) is 4.79 Å². The SMILES string of the molecule is CCNC(=O)CCCN(CO)C(=O)N1CC(c2ccc(C(C)(C)C(=O)OC)cc2)C1. The molecule has 0 aromatic heterocycles. The van der Waals surface area contributed by atoms with Crippen LogP contribution in [0.5, 0.6) is 0 Å². The van der Waals surface area contributed by atoms with Gasteiger partial charge in [-0.3, -0.25) is 9.59 Å². The van der Waals surface area contributed by atoms with E-state index in [0.29, 0.717) is 39.0 Å². The van der Waals surface area contributed by atoms with Crippen LogP contribution in [0.1, 0.15) is 50.7 Å². The van der Waals surface area contributed by atoms with Crippen molar-refractivity contribution in [3.63, 3.8) is 0 Å². The second-order valence-electron chi connectivity index (χ2n) is 8.08. The lowest BCUT2D eigenvalue weighted by atomic mass is 9.82. The van der Waals surface area contributed by atoms with Crippen molar-refractivity contribution in [3.8, 4) is 0 Å². The molecule has 0 spiro atoms. The second kappa shape index (κ2) is 10.4. The van der Waals surface area contributed by atoms with Crippen molar-refractivity contribution in [2.45, 2.75) is 44.9 Å². The topological polar surface area (TPSA) is 99.2 Å². The minimum atomic E-state index is -0.718. The maximum atomic E-state index is 12.6.